The van der Waals surface area contributed by atoms with E-state index in [1.165, 1.54) is 21.8 Å². The van der Waals surface area contributed by atoms with Gasteiger partial charge in [-0.2, -0.15) is 10.1 Å². The summed E-state index contributed by atoms with van der Waals surface area (Å²) >= 11 is 1.66. The fraction of sp³-hybridized carbons (Fsp3) is 0.632. The molecule has 2 aliphatic carbocycles. The van der Waals surface area contributed by atoms with Gasteiger partial charge in [0, 0.05) is 42.3 Å². The molecule has 0 unspecified atom stereocenters. The third-order valence-corrected chi connectivity index (χ3v) is 6.10. The summed E-state index contributed by atoms with van der Waals surface area (Å²) in [6, 6.07) is 0. The summed E-state index contributed by atoms with van der Waals surface area (Å²) in [5.74, 6) is 0.741. The lowest BCUT2D eigenvalue weighted by molar-refractivity contribution is -0.119. The Balaban J connectivity index is 1.80. The van der Waals surface area contributed by atoms with Gasteiger partial charge in [-0.3, -0.25) is 9.48 Å². The molecule has 1 saturated carbocycles. The van der Waals surface area contributed by atoms with Crippen LogP contribution in [0.15, 0.2) is 11.2 Å². The number of thiazole rings is 1. The van der Waals surface area contributed by atoms with Gasteiger partial charge in [0.05, 0.1) is 18.5 Å². The molecule has 0 radical (unpaired) electrons. The van der Waals surface area contributed by atoms with E-state index in [9.17, 15) is 4.79 Å². The SMILES string of the molecule is COCCn1c2c(sc1=NC(=O)C1CC1)CCc1c-2cnn1CC(C)C. The number of nitrogens with zero attached hydrogens (tertiary/aromatic N) is 4. The Morgan fingerprint density at radius 1 is 1.42 bits per heavy atom. The van der Waals surface area contributed by atoms with Crippen LogP contribution in [0.5, 0.6) is 0 Å². The second-order valence-electron chi connectivity index (χ2n) is 7.61. The Hall–Kier alpha value is -1.73. The minimum atomic E-state index is 0.0329. The van der Waals surface area contributed by atoms with E-state index in [-0.39, 0.29) is 11.8 Å². The first-order valence-electron chi connectivity index (χ1n) is 9.43. The molecule has 0 N–H and O–H groups in total. The number of ether oxygens (including phenoxy) is 1. The molecular weight excluding hydrogens is 348 g/mol. The number of carbonyl (C=O) groups is 1. The van der Waals surface area contributed by atoms with Gasteiger partial charge >= 0.3 is 0 Å². The van der Waals surface area contributed by atoms with E-state index in [0.717, 1.165) is 37.0 Å². The molecule has 2 heterocycles. The topological polar surface area (TPSA) is 61.4 Å². The molecule has 2 aromatic heterocycles. The Labute approximate surface area is 157 Å². The molecule has 0 spiro atoms. The third kappa shape index (κ3) is 3.30. The van der Waals surface area contributed by atoms with Gasteiger partial charge in [0.25, 0.3) is 5.91 Å². The summed E-state index contributed by atoms with van der Waals surface area (Å²) in [4.78, 5) is 18.8. The van der Waals surface area contributed by atoms with Gasteiger partial charge < -0.3 is 9.30 Å². The lowest BCUT2D eigenvalue weighted by Crippen LogP contribution is -2.21. The van der Waals surface area contributed by atoms with Crippen LogP contribution < -0.4 is 4.80 Å². The van der Waals surface area contributed by atoms with E-state index in [0.29, 0.717) is 19.1 Å². The normalized spacial score (nSPS) is 16.8. The number of aryl methyl sites for hydroxylation is 1. The number of fused-ring (bicyclic) bond motifs is 3. The van der Waals surface area contributed by atoms with Gasteiger partial charge in [0.1, 0.15) is 0 Å². The number of amides is 1. The van der Waals surface area contributed by atoms with Crippen molar-refractivity contribution in [2.45, 2.75) is 52.6 Å². The van der Waals surface area contributed by atoms with Crippen molar-refractivity contribution in [2.24, 2.45) is 16.8 Å². The summed E-state index contributed by atoms with van der Waals surface area (Å²) in [6.45, 7) is 6.67. The van der Waals surface area contributed by atoms with Crippen LogP contribution in [0.1, 0.15) is 37.3 Å². The average molecular weight is 375 g/mol. The second-order valence-corrected chi connectivity index (χ2v) is 8.67. The van der Waals surface area contributed by atoms with E-state index < -0.39 is 0 Å². The van der Waals surface area contributed by atoms with Gasteiger partial charge in [-0.1, -0.05) is 13.8 Å². The molecule has 0 bridgehead atoms. The highest BCUT2D eigenvalue weighted by atomic mass is 32.1. The van der Waals surface area contributed by atoms with Gasteiger partial charge in [0.15, 0.2) is 4.80 Å². The fourth-order valence-electron chi connectivity index (χ4n) is 3.52. The van der Waals surface area contributed by atoms with Gasteiger partial charge in [-0.25, -0.2) is 0 Å². The smallest absolute Gasteiger partial charge is 0.251 e. The summed E-state index contributed by atoms with van der Waals surface area (Å²) in [5, 5.41) is 4.65. The zero-order valence-corrected chi connectivity index (χ0v) is 16.5. The maximum Gasteiger partial charge on any atom is 0.251 e. The number of carbonyl (C=O) groups excluding carboxylic acids is 1. The summed E-state index contributed by atoms with van der Waals surface area (Å²) in [5.41, 5.74) is 3.68. The van der Waals surface area contributed by atoms with Crippen molar-refractivity contribution in [1.82, 2.24) is 14.3 Å². The van der Waals surface area contributed by atoms with Crippen LogP contribution >= 0.6 is 11.3 Å². The molecule has 6 nitrogen and oxygen atoms in total. The molecule has 4 rings (SSSR count). The van der Waals surface area contributed by atoms with Crippen LogP contribution in [-0.2, 0) is 35.5 Å². The highest BCUT2D eigenvalue weighted by molar-refractivity contribution is 7.09. The van der Waals surface area contributed by atoms with Crippen molar-refractivity contribution in [3.05, 3.63) is 21.6 Å². The number of hydrogen-bond donors (Lipinski definition) is 0. The van der Waals surface area contributed by atoms with Crippen molar-refractivity contribution >= 4 is 17.2 Å². The van der Waals surface area contributed by atoms with E-state index in [1.54, 1.807) is 18.4 Å². The highest BCUT2D eigenvalue weighted by Crippen LogP contribution is 2.35. The molecule has 0 saturated heterocycles. The molecule has 0 aromatic carbocycles. The molecule has 2 aliphatic rings. The molecule has 26 heavy (non-hydrogen) atoms. The summed E-state index contributed by atoms with van der Waals surface area (Å²) < 4.78 is 9.62. The molecule has 7 heteroatoms. The average Bonchev–Trinajstić information content (AvgIpc) is 3.30. The van der Waals surface area contributed by atoms with Gasteiger partial charge in [-0.15, -0.1) is 11.3 Å². The number of hydrogen-bond acceptors (Lipinski definition) is 4. The first-order valence-corrected chi connectivity index (χ1v) is 10.2. The Morgan fingerprint density at radius 3 is 2.92 bits per heavy atom. The van der Waals surface area contributed by atoms with E-state index in [2.05, 4.69) is 33.2 Å². The Bertz CT molecular complexity index is 886. The molecule has 140 valence electrons. The zero-order valence-electron chi connectivity index (χ0n) is 15.7. The maximum absolute atomic E-state index is 12.3. The molecule has 1 fully saturated rings. The standard InChI is InChI=1S/C19H26N4O2S/c1-12(2)11-23-15-6-7-16-17(14(15)10-20-23)22(8-9-25-3)19(26-16)21-18(24)13-4-5-13/h10,12-13H,4-9,11H2,1-3H3. The minimum Gasteiger partial charge on any atom is -0.383 e. The van der Waals surface area contributed by atoms with Crippen LogP contribution in [0.25, 0.3) is 11.3 Å². The molecule has 0 atom stereocenters. The highest BCUT2D eigenvalue weighted by Gasteiger charge is 2.30. The molecule has 1 amide bonds. The minimum absolute atomic E-state index is 0.0329. The zero-order chi connectivity index (χ0) is 18.3. The Kier molecular flexibility index (Phi) is 4.84. The van der Waals surface area contributed by atoms with Crippen molar-refractivity contribution in [1.29, 1.82) is 0 Å². The van der Waals surface area contributed by atoms with Gasteiger partial charge in [-0.05, 0) is 31.6 Å². The maximum atomic E-state index is 12.3. The van der Waals surface area contributed by atoms with Crippen LogP contribution in [0.3, 0.4) is 0 Å². The summed E-state index contributed by atoms with van der Waals surface area (Å²) in [6.07, 6.45) is 5.93. The first-order chi connectivity index (χ1) is 12.6. The van der Waals surface area contributed by atoms with E-state index in [4.69, 9.17) is 4.74 Å². The predicted octanol–water partition coefficient (Wildman–Crippen LogP) is 2.65. The summed E-state index contributed by atoms with van der Waals surface area (Å²) in [7, 11) is 1.71. The largest absolute Gasteiger partial charge is 0.383 e. The van der Waals surface area contributed by atoms with Crippen molar-refractivity contribution in [3.8, 4) is 11.3 Å². The van der Waals surface area contributed by atoms with Crippen molar-refractivity contribution in [2.75, 3.05) is 13.7 Å². The number of methoxy groups -OCH3 is 1. The van der Waals surface area contributed by atoms with E-state index >= 15 is 0 Å². The molecule has 0 aliphatic heterocycles. The van der Waals surface area contributed by atoms with Crippen LogP contribution in [0.4, 0.5) is 0 Å². The second kappa shape index (κ2) is 7.12. The monoisotopic (exact) mass is 374 g/mol. The van der Waals surface area contributed by atoms with Crippen LogP contribution in [0.2, 0.25) is 0 Å². The van der Waals surface area contributed by atoms with Crippen molar-refractivity contribution in [3.63, 3.8) is 0 Å². The fourth-order valence-corrected chi connectivity index (χ4v) is 4.69. The predicted molar refractivity (Wildman–Crippen MR) is 101 cm³/mol. The van der Waals surface area contributed by atoms with Crippen molar-refractivity contribution < 1.29 is 9.53 Å². The lowest BCUT2D eigenvalue weighted by atomic mass is 9.99. The lowest BCUT2D eigenvalue weighted by Gasteiger charge is -2.17. The third-order valence-electron chi connectivity index (χ3n) is 4.96. The first kappa shape index (κ1) is 17.7. The number of aromatic nitrogens is 3. The van der Waals surface area contributed by atoms with E-state index in [1.807, 2.05) is 6.20 Å². The van der Waals surface area contributed by atoms with Crippen LogP contribution in [-0.4, -0.2) is 34.0 Å². The molecular formula is C19H26N4O2S. The molecule has 2 aromatic rings. The Morgan fingerprint density at radius 2 is 2.23 bits per heavy atom. The van der Waals surface area contributed by atoms with Crippen LogP contribution in [0, 0.1) is 11.8 Å². The van der Waals surface area contributed by atoms with Gasteiger partial charge in [0.2, 0.25) is 0 Å². The quantitative estimate of drug-likeness (QED) is 0.781. The number of rotatable bonds is 6.